The number of phenolic OH excluding ortho intramolecular Hbond substituents is 2. The number of carbonyl (C=O) groups is 14. The number of carbonyl (C=O) groups excluding carboxylic acids is 12. The fourth-order valence-electron chi connectivity index (χ4n) is 19.8. The van der Waals surface area contributed by atoms with Gasteiger partial charge in [0.25, 0.3) is 0 Å². The minimum atomic E-state index is -2.44. The van der Waals surface area contributed by atoms with E-state index in [4.69, 9.17) is 25.4 Å². The van der Waals surface area contributed by atoms with Crippen LogP contribution in [0.3, 0.4) is 0 Å². The summed E-state index contributed by atoms with van der Waals surface area (Å²) < 4.78 is 20.2. The molecule has 0 bridgehead atoms. The smallest absolute Gasteiger partial charge is 0.326 e. The van der Waals surface area contributed by atoms with Crippen LogP contribution in [0.25, 0.3) is 21.5 Å². The van der Waals surface area contributed by atoms with Gasteiger partial charge < -0.3 is 118 Å². The zero-order chi connectivity index (χ0) is 103. The standard InChI is InChI=1S/C101H120N14O25S2/c1-8-9-13-28-61(97(135)136)109-94(132)66-52-142-141-51-65(91(129)105-48-77(121)106-60(29-21-40-104-98(102)103)92(130)110-63(44-78(122)123)93(131)111-64(49-116)96(134)115-41-22-30-69(115)95(133)112-66)108-76(120)39-43-114-68-37-35-55-24-17-19-26-57(55)85(68)100(5,6)73(114)33-15-12-10-11-14-32-72-99(3,4)84-56-25-18-16-23-54(56)34-36-67(84)113(72)42-38-75(119)107-62-45-79(139-53(2)86(62)124)140-71-47-101(137,74(118)50-117)46-59-81(71)90(128)83-82(88(59)126)87(125)58-27-20-31-70(138-7)80(58)89(83)127/h10-12,14-20,23-27,31-37,53,60-66,69,71,79,86,116-117,124,137H,8-9,13,21-22,28-30,38-52H2,1-7H3,(H15-,102,103,104,105,106,107,108,109,110,111,112,119,120,121,122,123,125,126,127,128,129,130,131,132,133,135,136)/p+1/t53-,60-,61?,62-,63-,64-,65+,66-,69?,71-,79-,86+,101-/m0/s1. The van der Waals surface area contributed by atoms with Crippen LogP contribution in [0.2, 0.25) is 0 Å². The van der Waals surface area contributed by atoms with Crippen LogP contribution in [0.1, 0.15) is 185 Å². The molecule has 142 heavy (non-hydrogen) atoms. The number of aliphatic hydroxyl groups excluding tert-OH is 3. The van der Waals surface area contributed by atoms with Gasteiger partial charge in [-0.05, 0) is 104 Å². The van der Waals surface area contributed by atoms with Crippen LogP contribution >= 0.6 is 21.6 Å². The molecule has 2 aliphatic carbocycles. The van der Waals surface area contributed by atoms with Crippen molar-refractivity contribution in [1.29, 1.82) is 5.41 Å². The molecule has 0 spiro atoms. The SMILES string of the molecule is CCCCCC(NC(=O)[C@@H]1CSSC[C@@H](NC(=O)CCN2/C(=C/C=C/C=C/C=C/C3=[N+](CCC(=O)N[C@H]4C[C@H](O[C@H]5C[C@](O)(C(=O)CO)Cc6c(O)c7c(c(O)c65)C(=O)c5c(OC)cccc5C7=O)O[C@@H](C)[C@H]4O)c4ccc5ccccc5c4C3(C)C)C(C)(C)c3c2ccc2ccccc32)C(=O)NCC(=O)N[C@@H](CCCNC(=N)N)C(=O)N[C@@H](CC(=O)O)C(=O)N[C@@H](CO)C(=O)N2CCCC2C(=O)N1)C(=O)O. The average molecular weight is 2000 g/mol. The van der Waals surface area contributed by atoms with Gasteiger partial charge in [0, 0.05) is 108 Å². The number of unbranched alkanes of at least 4 members (excludes halogenated alkanes) is 2. The van der Waals surface area contributed by atoms with Crippen molar-refractivity contribution in [3.63, 3.8) is 0 Å². The lowest BCUT2D eigenvalue weighted by Gasteiger charge is -2.43. The number of amides is 9. The summed E-state index contributed by atoms with van der Waals surface area (Å²) in [5.74, 6) is -16.4. The van der Waals surface area contributed by atoms with E-state index in [9.17, 15) is 108 Å². The van der Waals surface area contributed by atoms with Gasteiger partial charge in [-0.2, -0.15) is 4.58 Å². The number of aromatic hydroxyl groups is 2. The Morgan fingerprint density at radius 3 is 2.11 bits per heavy atom. The minimum absolute atomic E-state index is 0.000203. The maximum Gasteiger partial charge on any atom is 0.326 e. The number of ketones is 3. The fraction of sp³-hybridized carbons (Fsp3) is 0.446. The molecule has 0 aromatic heterocycles. The minimum Gasteiger partial charge on any atom is -0.507 e. The summed E-state index contributed by atoms with van der Waals surface area (Å²) in [6.45, 7) is 8.83. The largest absolute Gasteiger partial charge is 0.507 e. The number of hydrogen-bond donors (Lipinski definition) is 19. The fourth-order valence-corrected chi connectivity index (χ4v) is 22.1. The van der Waals surface area contributed by atoms with Crippen molar-refractivity contribution in [1.82, 2.24) is 52.8 Å². The Morgan fingerprint density at radius 1 is 0.739 bits per heavy atom. The Labute approximate surface area is 826 Å². The number of benzene rings is 6. The number of carboxylic acids is 2. The lowest BCUT2D eigenvalue weighted by atomic mass is 9.72. The number of anilines is 1. The molecule has 2 unspecified atom stereocenters. The number of phenols is 2. The van der Waals surface area contributed by atoms with Crippen molar-refractivity contribution in [2.75, 3.05) is 69.5 Å². The summed E-state index contributed by atoms with van der Waals surface area (Å²) in [7, 11) is 3.23. The third-order valence-corrected chi connectivity index (χ3v) is 29.4. The number of allylic oxidation sites excluding steroid dienone is 8. The molecule has 41 heteroatoms. The van der Waals surface area contributed by atoms with E-state index in [1.165, 1.54) is 32.2 Å². The number of Topliss-reactive ketones (excluding diaryl/α,β-unsaturated/α-hetero) is 1. The molecule has 7 aliphatic rings. The first-order valence-electron chi connectivity index (χ1n) is 47.2. The number of rotatable bonds is 31. The van der Waals surface area contributed by atoms with Crippen LogP contribution in [-0.4, -0.2) is 281 Å². The van der Waals surface area contributed by atoms with Crippen molar-refractivity contribution in [3.05, 3.63) is 184 Å². The monoisotopic (exact) mass is 1990 g/mol. The Hall–Kier alpha value is -13.4. The number of carboxylic acid groups (broad SMARTS) is 2. The zero-order valence-electron chi connectivity index (χ0n) is 79.6. The average Bonchev–Trinajstić information content (AvgIpc) is 0.734. The molecule has 9 amide bonds. The molecule has 5 aliphatic heterocycles. The summed E-state index contributed by atoms with van der Waals surface area (Å²) >= 11 is 0. The van der Waals surface area contributed by atoms with Gasteiger partial charge in [-0.15, -0.1) is 0 Å². The molecular weight excluding hydrogens is 1870 g/mol. The van der Waals surface area contributed by atoms with Gasteiger partial charge in [-0.3, -0.25) is 67.7 Å². The van der Waals surface area contributed by atoms with E-state index in [0.29, 0.717) is 12.8 Å². The Bertz CT molecular complexity index is 6140. The molecule has 5 heterocycles. The number of hydrogen-bond acceptors (Lipinski definition) is 27. The first-order chi connectivity index (χ1) is 67.7. The molecule has 13 rings (SSSR count). The van der Waals surface area contributed by atoms with Gasteiger partial charge in [0.1, 0.15) is 77.9 Å². The van der Waals surface area contributed by atoms with E-state index in [1.54, 1.807) is 0 Å². The van der Waals surface area contributed by atoms with E-state index in [1.807, 2.05) is 127 Å². The van der Waals surface area contributed by atoms with Crippen LogP contribution in [0.5, 0.6) is 17.2 Å². The maximum atomic E-state index is 14.8. The highest BCUT2D eigenvalue weighted by Gasteiger charge is 2.53. The first kappa shape index (κ1) is 106. The van der Waals surface area contributed by atoms with Crippen molar-refractivity contribution in [2.24, 2.45) is 5.73 Å². The third kappa shape index (κ3) is 23.3. The number of ether oxygens (including phenoxy) is 3. The summed E-state index contributed by atoms with van der Waals surface area (Å²) in [6, 6.07) is 16.0. The van der Waals surface area contributed by atoms with Crippen molar-refractivity contribution in [2.45, 2.75) is 221 Å². The lowest BCUT2D eigenvalue weighted by Crippen LogP contribution is -2.60. The summed E-state index contributed by atoms with van der Waals surface area (Å²) in [6.07, 6.45) is 6.81. The third-order valence-electron chi connectivity index (χ3n) is 26.9. The molecule has 0 saturated carbocycles. The Morgan fingerprint density at radius 2 is 1.42 bits per heavy atom. The van der Waals surface area contributed by atoms with Gasteiger partial charge in [0.05, 0.1) is 73.5 Å². The van der Waals surface area contributed by atoms with Crippen LogP contribution in [0.15, 0.2) is 139 Å². The van der Waals surface area contributed by atoms with Crippen molar-refractivity contribution < 1.29 is 127 Å². The quantitative estimate of drug-likeness (QED) is 0.00542. The normalized spacial score (nSPS) is 24.3. The number of aliphatic hydroxyl groups is 4. The van der Waals surface area contributed by atoms with E-state index in [-0.39, 0.29) is 117 Å². The highest BCUT2D eigenvalue weighted by Crippen LogP contribution is 2.55. The number of nitrogens with zero attached hydrogens (tertiary/aromatic N) is 3. The second-order valence-corrected chi connectivity index (χ2v) is 39.8. The molecule has 3 fully saturated rings. The van der Waals surface area contributed by atoms with Crippen LogP contribution in [-0.2, 0) is 84.3 Å². The van der Waals surface area contributed by atoms with E-state index < -0.39 is 239 Å². The van der Waals surface area contributed by atoms with Crippen LogP contribution < -0.4 is 63.2 Å². The van der Waals surface area contributed by atoms with E-state index in [0.717, 1.165) is 88.4 Å². The number of nitrogens with two attached hydrogens (primary N) is 1. The number of nitrogens with one attached hydrogen (secondary N) is 10. The predicted molar refractivity (Wildman–Crippen MR) is 526 cm³/mol. The summed E-state index contributed by atoms with van der Waals surface area (Å²) in [5.41, 5.74) is 4.93. The molecule has 20 N–H and O–H groups in total. The summed E-state index contributed by atoms with van der Waals surface area (Å²) in [4.78, 5) is 199. The summed E-state index contributed by atoms with van der Waals surface area (Å²) in [5, 5.41) is 123. The molecule has 6 aromatic rings. The molecule has 39 nitrogen and oxygen atoms in total. The lowest BCUT2D eigenvalue weighted by molar-refractivity contribution is -0.436. The topological polar surface area (TPSA) is 596 Å². The van der Waals surface area contributed by atoms with Crippen molar-refractivity contribution in [3.8, 4) is 17.2 Å². The highest BCUT2D eigenvalue weighted by molar-refractivity contribution is 8.76. The second kappa shape index (κ2) is 46.1. The van der Waals surface area contributed by atoms with Gasteiger partial charge in [-0.25, -0.2) is 4.79 Å². The first-order valence-corrected chi connectivity index (χ1v) is 49.7. The highest BCUT2D eigenvalue weighted by atomic mass is 33.1. The van der Waals surface area contributed by atoms with Gasteiger partial charge >= 0.3 is 11.9 Å². The van der Waals surface area contributed by atoms with Crippen LogP contribution in [0.4, 0.5) is 11.4 Å². The van der Waals surface area contributed by atoms with Gasteiger partial charge in [0.15, 0.2) is 36.1 Å². The zero-order valence-corrected chi connectivity index (χ0v) is 81.3. The molecule has 3 saturated heterocycles. The van der Waals surface area contributed by atoms with Crippen LogP contribution in [0, 0.1) is 5.41 Å². The molecule has 0 radical (unpaired) electrons. The number of guanidine groups is 1. The molecular formula is C101H121N14O25S2+. The number of fused-ring (bicyclic) bond motifs is 10. The Balaban J connectivity index is 0.736. The predicted octanol–water partition coefficient (Wildman–Crippen LogP) is 4.48. The van der Waals surface area contributed by atoms with E-state index >= 15 is 0 Å². The van der Waals surface area contributed by atoms with Crippen molar-refractivity contribution >= 4 is 149 Å². The molecule has 13 atom stereocenters. The Kier molecular flexibility index (Phi) is 34.4. The second-order valence-electron chi connectivity index (χ2n) is 37.2. The maximum absolute atomic E-state index is 14.8. The molecule has 6 aromatic carbocycles. The van der Waals surface area contributed by atoms with Gasteiger partial charge in [-0.1, -0.05) is 159 Å². The number of aliphatic carboxylic acids is 2. The molecule has 756 valence electrons. The number of methoxy groups -OCH3 is 1. The van der Waals surface area contributed by atoms with Gasteiger partial charge in [0.2, 0.25) is 64.6 Å². The van der Waals surface area contributed by atoms with E-state index in [2.05, 4.69) is 80.1 Å².